The first-order valence-electron chi connectivity index (χ1n) is 10.3. The van der Waals surface area contributed by atoms with Crippen LogP contribution in [0.4, 0.5) is 5.82 Å². The van der Waals surface area contributed by atoms with Crippen molar-refractivity contribution in [1.29, 1.82) is 5.26 Å². The Morgan fingerprint density at radius 3 is 2.40 bits per heavy atom. The lowest BCUT2D eigenvalue weighted by molar-refractivity contribution is 0.494. The van der Waals surface area contributed by atoms with Crippen LogP contribution in [0.15, 0.2) is 65.6 Å². The third kappa shape index (κ3) is 3.98. The van der Waals surface area contributed by atoms with Crippen molar-refractivity contribution in [3.63, 3.8) is 0 Å². The highest BCUT2D eigenvalue weighted by Gasteiger charge is 2.23. The van der Waals surface area contributed by atoms with E-state index in [-0.39, 0.29) is 17.6 Å². The van der Waals surface area contributed by atoms with Gasteiger partial charge in [-0.05, 0) is 37.5 Å². The second-order valence-corrected chi connectivity index (χ2v) is 7.76. The zero-order valence-corrected chi connectivity index (χ0v) is 17.0. The first-order chi connectivity index (χ1) is 14.6. The topological polar surface area (TPSA) is 87.9 Å². The van der Waals surface area contributed by atoms with E-state index in [4.69, 9.17) is 16.0 Å². The Balaban J connectivity index is 1.83. The van der Waals surface area contributed by atoms with Gasteiger partial charge in [0.25, 0.3) is 5.56 Å². The Labute approximate surface area is 176 Å². The number of nitrogens with zero attached hydrogens (tertiary/aromatic N) is 4. The molecular weight excluding hydrogens is 374 g/mol. The maximum atomic E-state index is 13.4. The zero-order valence-electron chi connectivity index (χ0n) is 17.0. The van der Waals surface area contributed by atoms with Crippen molar-refractivity contribution in [3.8, 4) is 17.3 Å². The van der Waals surface area contributed by atoms with Crippen LogP contribution in [0.3, 0.4) is 0 Å². The van der Waals surface area contributed by atoms with E-state index in [1.807, 2.05) is 60.5 Å². The highest BCUT2D eigenvalue weighted by molar-refractivity contribution is 5.61. The lowest BCUT2D eigenvalue weighted by atomic mass is 10.1. The van der Waals surface area contributed by atoms with Crippen LogP contribution < -0.4 is 16.2 Å². The summed E-state index contributed by atoms with van der Waals surface area (Å²) in [5, 5.41) is 9.09. The molecule has 0 spiro atoms. The molecule has 4 rings (SSSR count). The maximum absolute atomic E-state index is 13.4. The monoisotopic (exact) mass is 399 g/mol. The first kappa shape index (κ1) is 19.9. The van der Waals surface area contributed by atoms with Crippen LogP contribution in [-0.4, -0.2) is 28.7 Å². The van der Waals surface area contributed by atoms with E-state index < -0.39 is 0 Å². The van der Waals surface area contributed by atoms with E-state index in [0.29, 0.717) is 17.1 Å². The molecule has 1 fully saturated rings. The molecule has 30 heavy (non-hydrogen) atoms. The molecule has 0 amide bonds. The molecule has 1 aliphatic heterocycles. The molecule has 2 aromatic carbocycles. The van der Waals surface area contributed by atoms with Gasteiger partial charge >= 0.3 is 0 Å². The fourth-order valence-electron chi connectivity index (χ4n) is 3.85. The molecule has 2 heterocycles. The summed E-state index contributed by atoms with van der Waals surface area (Å²) in [7, 11) is 0. The Morgan fingerprint density at radius 2 is 1.77 bits per heavy atom. The quantitative estimate of drug-likeness (QED) is 0.727. The van der Waals surface area contributed by atoms with Gasteiger partial charge in [0, 0.05) is 30.9 Å². The van der Waals surface area contributed by atoms with Crippen LogP contribution >= 0.6 is 0 Å². The number of benzene rings is 2. The van der Waals surface area contributed by atoms with Crippen LogP contribution in [0.2, 0.25) is 0 Å². The molecule has 1 saturated heterocycles. The molecule has 1 aliphatic rings. The van der Waals surface area contributed by atoms with E-state index in [0.717, 1.165) is 37.1 Å². The van der Waals surface area contributed by atoms with Gasteiger partial charge in [-0.3, -0.25) is 4.79 Å². The Morgan fingerprint density at radius 1 is 1.10 bits per heavy atom. The van der Waals surface area contributed by atoms with Gasteiger partial charge in [0.2, 0.25) is 0 Å². The largest absolute Gasteiger partial charge is 0.352 e. The van der Waals surface area contributed by atoms with E-state index >= 15 is 0 Å². The Bertz CT molecular complexity index is 1110. The summed E-state index contributed by atoms with van der Waals surface area (Å²) in [5.41, 5.74) is 9.20. The van der Waals surface area contributed by atoms with Crippen LogP contribution in [0, 0.1) is 11.3 Å². The molecule has 0 bridgehead atoms. The van der Waals surface area contributed by atoms with Gasteiger partial charge < -0.3 is 15.2 Å². The van der Waals surface area contributed by atoms with Gasteiger partial charge in [-0.15, -0.1) is 0 Å². The maximum Gasteiger partial charge on any atom is 0.294 e. The van der Waals surface area contributed by atoms with Gasteiger partial charge in [0.1, 0.15) is 0 Å². The summed E-state index contributed by atoms with van der Waals surface area (Å²) in [6, 6.07) is 19.4. The molecular formula is C24H25N5O. The minimum absolute atomic E-state index is 0.0979. The number of hydrogen-bond donors (Lipinski definition) is 1. The molecule has 152 valence electrons. The second-order valence-electron chi connectivity index (χ2n) is 7.76. The lowest BCUT2D eigenvalue weighted by Gasteiger charge is -2.31. The van der Waals surface area contributed by atoms with Crippen molar-refractivity contribution in [2.45, 2.75) is 31.8 Å². The van der Waals surface area contributed by atoms with Gasteiger partial charge in [-0.2, -0.15) is 5.26 Å². The molecule has 1 atom stereocenters. The molecule has 0 radical (unpaired) electrons. The Hall–Kier alpha value is -3.43. The lowest BCUT2D eigenvalue weighted by Crippen LogP contribution is -2.43. The third-order valence-electron chi connectivity index (χ3n) is 5.76. The van der Waals surface area contributed by atoms with Crippen molar-refractivity contribution in [1.82, 2.24) is 9.55 Å². The average Bonchev–Trinajstić information content (AvgIpc) is 2.80. The normalized spacial score (nSPS) is 15.6. The van der Waals surface area contributed by atoms with Crippen molar-refractivity contribution in [2.75, 3.05) is 18.0 Å². The summed E-state index contributed by atoms with van der Waals surface area (Å²) in [5.74, 6) is 0.464. The van der Waals surface area contributed by atoms with Crippen LogP contribution in [-0.2, 0) is 0 Å². The first-order valence-corrected chi connectivity index (χ1v) is 10.3. The van der Waals surface area contributed by atoms with E-state index in [1.165, 1.54) is 0 Å². The number of nitriles is 1. The predicted molar refractivity (Wildman–Crippen MR) is 118 cm³/mol. The van der Waals surface area contributed by atoms with E-state index in [9.17, 15) is 4.79 Å². The summed E-state index contributed by atoms with van der Waals surface area (Å²) in [6.45, 7) is 3.47. The fourth-order valence-corrected chi connectivity index (χ4v) is 3.85. The third-order valence-corrected chi connectivity index (χ3v) is 5.76. The standard InChI is InChI=1S/C24H25N5O/c1-17(19-5-3-2-4-6-19)29-16-22(20-9-7-18(15-25)8-10-20)27-23(24(29)30)28-13-11-21(26)12-14-28/h2-10,16-17,21H,11-14,26H2,1H3/t17-/m0/s1. The van der Waals surface area contributed by atoms with Gasteiger partial charge in [-0.1, -0.05) is 42.5 Å². The van der Waals surface area contributed by atoms with Crippen molar-refractivity contribution in [2.24, 2.45) is 5.73 Å². The van der Waals surface area contributed by atoms with Crippen LogP contribution in [0.1, 0.15) is 36.9 Å². The molecule has 1 aromatic heterocycles. The summed E-state index contributed by atoms with van der Waals surface area (Å²) < 4.78 is 1.76. The summed E-state index contributed by atoms with van der Waals surface area (Å²) >= 11 is 0. The van der Waals surface area contributed by atoms with E-state index in [2.05, 4.69) is 6.07 Å². The smallest absolute Gasteiger partial charge is 0.294 e. The van der Waals surface area contributed by atoms with Crippen molar-refractivity contribution < 1.29 is 0 Å². The van der Waals surface area contributed by atoms with Crippen LogP contribution in [0.5, 0.6) is 0 Å². The number of aromatic nitrogens is 2. The number of piperidine rings is 1. The highest BCUT2D eigenvalue weighted by Crippen LogP contribution is 2.24. The second kappa shape index (κ2) is 8.52. The summed E-state index contributed by atoms with van der Waals surface area (Å²) in [4.78, 5) is 20.2. The molecule has 6 nitrogen and oxygen atoms in total. The Kier molecular flexibility index (Phi) is 5.64. The van der Waals surface area contributed by atoms with Gasteiger partial charge in [0.05, 0.1) is 23.4 Å². The number of anilines is 1. The van der Waals surface area contributed by atoms with Crippen molar-refractivity contribution >= 4 is 5.82 Å². The van der Waals surface area contributed by atoms with Gasteiger partial charge in [-0.25, -0.2) is 4.98 Å². The minimum atomic E-state index is -0.135. The fraction of sp³-hybridized carbons (Fsp3) is 0.292. The van der Waals surface area contributed by atoms with E-state index in [1.54, 1.807) is 16.7 Å². The molecule has 2 N–H and O–H groups in total. The minimum Gasteiger partial charge on any atom is -0.352 e. The summed E-state index contributed by atoms with van der Waals surface area (Å²) in [6.07, 6.45) is 3.51. The van der Waals surface area contributed by atoms with Gasteiger partial charge in [0.15, 0.2) is 5.82 Å². The molecule has 0 saturated carbocycles. The zero-order chi connectivity index (χ0) is 21.1. The highest BCUT2D eigenvalue weighted by atomic mass is 16.1. The number of nitrogens with two attached hydrogens (primary N) is 1. The predicted octanol–water partition coefficient (Wildman–Crippen LogP) is 3.32. The number of hydrogen-bond acceptors (Lipinski definition) is 5. The molecule has 0 aliphatic carbocycles. The van der Waals surface area contributed by atoms with Crippen molar-refractivity contribution in [3.05, 3.63) is 82.3 Å². The SMILES string of the molecule is C[C@@H](c1ccccc1)n1cc(-c2ccc(C#N)cc2)nc(N2CCC(N)CC2)c1=O. The van der Waals surface area contributed by atoms with Crippen LogP contribution in [0.25, 0.3) is 11.3 Å². The number of rotatable bonds is 4. The average molecular weight is 399 g/mol. The molecule has 3 aromatic rings. The molecule has 0 unspecified atom stereocenters. The molecule has 6 heteroatoms.